The van der Waals surface area contributed by atoms with Crippen molar-refractivity contribution in [3.8, 4) is 11.4 Å². The maximum absolute atomic E-state index is 13.9. The molecule has 0 spiro atoms. The van der Waals surface area contributed by atoms with Crippen molar-refractivity contribution in [2.45, 2.75) is 6.92 Å². The summed E-state index contributed by atoms with van der Waals surface area (Å²) in [5.74, 6) is -1.83. The Hall–Kier alpha value is -1.51. The van der Waals surface area contributed by atoms with Crippen LogP contribution < -0.4 is 0 Å². The SMILES string of the molecule is Cc1cc(F)c(-c2nc(C(=O)O)nn2C)cc1I. The van der Waals surface area contributed by atoms with E-state index in [-0.39, 0.29) is 17.2 Å². The largest absolute Gasteiger partial charge is 0.475 e. The highest BCUT2D eigenvalue weighted by Crippen LogP contribution is 2.25. The van der Waals surface area contributed by atoms with Crippen LogP contribution in [-0.2, 0) is 7.05 Å². The van der Waals surface area contributed by atoms with Crippen molar-refractivity contribution >= 4 is 28.6 Å². The van der Waals surface area contributed by atoms with E-state index in [9.17, 15) is 9.18 Å². The summed E-state index contributed by atoms with van der Waals surface area (Å²) in [6.45, 7) is 1.80. The number of hydrogen-bond acceptors (Lipinski definition) is 3. The number of hydrogen-bond donors (Lipinski definition) is 1. The number of carbonyl (C=O) groups is 1. The van der Waals surface area contributed by atoms with E-state index in [0.29, 0.717) is 0 Å². The Bertz CT molecular complexity index is 639. The maximum Gasteiger partial charge on any atom is 0.375 e. The molecule has 2 aromatic rings. The second kappa shape index (κ2) is 4.63. The van der Waals surface area contributed by atoms with Gasteiger partial charge < -0.3 is 5.11 Å². The summed E-state index contributed by atoms with van der Waals surface area (Å²) in [5, 5.41) is 12.5. The molecule has 1 heterocycles. The Kier molecular flexibility index (Phi) is 3.33. The molecular weight excluding hydrogens is 352 g/mol. The van der Waals surface area contributed by atoms with Gasteiger partial charge >= 0.3 is 5.97 Å². The summed E-state index contributed by atoms with van der Waals surface area (Å²) in [5.41, 5.74) is 1.06. The second-order valence-corrected chi connectivity index (χ2v) is 4.93. The minimum Gasteiger partial charge on any atom is -0.475 e. The van der Waals surface area contributed by atoms with Crippen LogP contribution in [0.3, 0.4) is 0 Å². The van der Waals surface area contributed by atoms with Gasteiger partial charge in [-0.1, -0.05) is 0 Å². The smallest absolute Gasteiger partial charge is 0.375 e. The molecular formula is C11H9FIN3O2. The molecule has 0 saturated heterocycles. The van der Waals surface area contributed by atoms with Crippen molar-refractivity contribution in [3.63, 3.8) is 0 Å². The van der Waals surface area contributed by atoms with Crippen LogP contribution in [0, 0.1) is 16.3 Å². The van der Waals surface area contributed by atoms with Gasteiger partial charge in [0.1, 0.15) is 5.82 Å². The van der Waals surface area contributed by atoms with Gasteiger partial charge in [-0.15, -0.1) is 5.10 Å². The van der Waals surface area contributed by atoms with Crippen LogP contribution in [0.2, 0.25) is 0 Å². The predicted molar refractivity (Wildman–Crippen MR) is 70.8 cm³/mol. The molecule has 0 saturated carbocycles. The minimum absolute atomic E-state index is 0.197. The highest BCUT2D eigenvalue weighted by Gasteiger charge is 2.18. The Labute approximate surface area is 116 Å². The molecule has 0 amide bonds. The van der Waals surface area contributed by atoms with E-state index in [1.807, 2.05) is 0 Å². The van der Waals surface area contributed by atoms with Crippen molar-refractivity contribution < 1.29 is 14.3 Å². The molecule has 0 bridgehead atoms. The molecule has 0 aliphatic carbocycles. The lowest BCUT2D eigenvalue weighted by molar-refractivity contribution is 0.0683. The van der Waals surface area contributed by atoms with Crippen LogP contribution in [0.5, 0.6) is 0 Å². The molecule has 1 aromatic carbocycles. The number of aromatic nitrogens is 3. The average Bonchev–Trinajstić information content (AvgIpc) is 2.66. The van der Waals surface area contributed by atoms with Gasteiger partial charge in [0.05, 0.1) is 5.56 Å². The molecule has 0 fully saturated rings. The Balaban J connectivity index is 2.62. The van der Waals surface area contributed by atoms with Gasteiger partial charge in [0.2, 0.25) is 0 Å². The van der Waals surface area contributed by atoms with E-state index in [1.54, 1.807) is 13.0 Å². The number of benzene rings is 1. The zero-order chi connectivity index (χ0) is 13.4. The van der Waals surface area contributed by atoms with Crippen molar-refractivity contribution in [1.29, 1.82) is 0 Å². The van der Waals surface area contributed by atoms with Gasteiger partial charge in [-0.2, -0.15) is 0 Å². The molecule has 2 rings (SSSR count). The van der Waals surface area contributed by atoms with Gasteiger partial charge in [0.25, 0.3) is 5.82 Å². The van der Waals surface area contributed by atoms with Crippen LogP contribution >= 0.6 is 22.6 Å². The first-order chi connectivity index (χ1) is 8.40. The molecule has 1 aromatic heterocycles. The third-order valence-electron chi connectivity index (χ3n) is 2.44. The number of nitrogens with zero attached hydrogens (tertiary/aromatic N) is 3. The highest BCUT2D eigenvalue weighted by molar-refractivity contribution is 14.1. The fraction of sp³-hybridized carbons (Fsp3) is 0.182. The summed E-state index contributed by atoms with van der Waals surface area (Å²) in [4.78, 5) is 14.6. The van der Waals surface area contributed by atoms with E-state index >= 15 is 0 Å². The quantitative estimate of drug-likeness (QED) is 0.834. The Morgan fingerprint density at radius 3 is 2.72 bits per heavy atom. The van der Waals surface area contributed by atoms with E-state index in [4.69, 9.17) is 5.11 Å². The first-order valence-corrected chi connectivity index (χ1v) is 6.08. The summed E-state index contributed by atoms with van der Waals surface area (Å²) in [6, 6.07) is 3.02. The van der Waals surface area contributed by atoms with Gasteiger partial charge in [-0.3, -0.25) is 0 Å². The Morgan fingerprint density at radius 1 is 1.50 bits per heavy atom. The summed E-state index contributed by atoms with van der Waals surface area (Å²) < 4.78 is 16.0. The fourth-order valence-electron chi connectivity index (χ4n) is 1.53. The highest BCUT2D eigenvalue weighted by atomic mass is 127. The molecule has 5 nitrogen and oxygen atoms in total. The lowest BCUT2D eigenvalue weighted by Crippen LogP contribution is -2.00. The molecule has 0 aliphatic heterocycles. The number of rotatable bonds is 2. The number of carboxylic acids is 1. The lowest BCUT2D eigenvalue weighted by Gasteiger charge is -2.05. The van der Waals surface area contributed by atoms with E-state index < -0.39 is 11.8 Å². The molecule has 0 radical (unpaired) electrons. The van der Waals surface area contributed by atoms with Gasteiger partial charge in [0.15, 0.2) is 5.82 Å². The number of halogens is 2. The van der Waals surface area contributed by atoms with Crippen molar-refractivity contribution in [2.75, 3.05) is 0 Å². The molecule has 0 unspecified atom stereocenters. The van der Waals surface area contributed by atoms with Crippen LogP contribution in [-0.4, -0.2) is 25.8 Å². The summed E-state index contributed by atoms with van der Waals surface area (Å²) in [7, 11) is 1.53. The third-order valence-corrected chi connectivity index (χ3v) is 3.61. The summed E-state index contributed by atoms with van der Waals surface area (Å²) in [6.07, 6.45) is 0. The molecule has 1 N–H and O–H groups in total. The predicted octanol–water partition coefficient (Wildman–Crippen LogP) is 2.23. The maximum atomic E-state index is 13.9. The molecule has 0 aliphatic rings. The van der Waals surface area contributed by atoms with E-state index in [2.05, 4.69) is 32.7 Å². The number of carboxylic acid groups (broad SMARTS) is 1. The topological polar surface area (TPSA) is 68.0 Å². The van der Waals surface area contributed by atoms with Gasteiger partial charge in [-0.05, 0) is 47.2 Å². The van der Waals surface area contributed by atoms with Crippen LogP contribution in [0.15, 0.2) is 12.1 Å². The van der Waals surface area contributed by atoms with E-state index in [0.717, 1.165) is 9.13 Å². The summed E-state index contributed by atoms with van der Waals surface area (Å²) >= 11 is 2.08. The van der Waals surface area contributed by atoms with Crippen molar-refractivity contribution in [3.05, 3.63) is 32.9 Å². The zero-order valence-corrected chi connectivity index (χ0v) is 11.8. The lowest BCUT2D eigenvalue weighted by atomic mass is 10.1. The molecule has 7 heteroatoms. The first kappa shape index (κ1) is 12.9. The van der Waals surface area contributed by atoms with E-state index in [1.165, 1.54) is 17.8 Å². The number of aryl methyl sites for hydroxylation is 2. The standard InChI is InChI=1S/C11H9FIN3O2/c1-5-3-7(12)6(4-8(5)13)10-14-9(11(17)18)15-16(10)2/h3-4H,1-2H3,(H,17,18). The molecule has 0 atom stereocenters. The fourth-order valence-corrected chi connectivity index (χ4v) is 1.99. The van der Waals surface area contributed by atoms with Gasteiger partial charge in [-0.25, -0.2) is 18.9 Å². The molecule has 94 valence electrons. The second-order valence-electron chi connectivity index (χ2n) is 3.77. The van der Waals surface area contributed by atoms with Crippen LogP contribution in [0.4, 0.5) is 4.39 Å². The van der Waals surface area contributed by atoms with Gasteiger partial charge in [0, 0.05) is 10.6 Å². The Morgan fingerprint density at radius 2 is 2.17 bits per heavy atom. The van der Waals surface area contributed by atoms with Crippen LogP contribution in [0.1, 0.15) is 16.2 Å². The van der Waals surface area contributed by atoms with Crippen LogP contribution in [0.25, 0.3) is 11.4 Å². The zero-order valence-electron chi connectivity index (χ0n) is 9.61. The van der Waals surface area contributed by atoms with Crippen molar-refractivity contribution in [1.82, 2.24) is 14.8 Å². The number of aromatic carboxylic acids is 1. The minimum atomic E-state index is -1.24. The average molecular weight is 361 g/mol. The normalized spacial score (nSPS) is 10.7. The first-order valence-electron chi connectivity index (χ1n) is 5.00. The monoisotopic (exact) mass is 361 g/mol. The van der Waals surface area contributed by atoms with Crippen molar-refractivity contribution in [2.24, 2.45) is 7.05 Å². The third kappa shape index (κ3) is 2.22. The molecule has 18 heavy (non-hydrogen) atoms.